The molecule has 3 aliphatic carbocycles. The van der Waals surface area contributed by atoms with Crippen LogP contribution in [0, 0.1) is 33.1 Å². The maximum absolute atomic E-state index is 2.48. The molecule has 0 fully saturated rings. The van der Waals surface area contributed by atoms with E-state index in [9.17, 15) is 0 Å². The van der Waals surface area contributed by atoms with Crippen molar-refractivity contribution in [1.82, 2.24) is 0 Å². The molecule has 1 unspecified atom stereocenters. The van der Waals surface area contributed by atoms with E-state index < -0.39 is 0 Å². The molecule has 2 heteroatoms. The molecule has 0 saturated carbocycles. The van der Waals surface area contributed by atoms with Crippen LogP contribution in [-0.4, -0.2) is 0 Å². The first kappa shape index (κ1) is 41.2. The second kappa shape index (κ2) is 20.1. The largest absolute Gasteiger partial charge is 3.00 e. The van der Waals surface area contributed by atoms with Gasteiger partial charge in [0.1, 0.15) is 0 Å². The Morgan fingerprint density at radius 1 is 0.625 bits per heavy atom. The summed E-state index contributed by atoms with van der Waals surface area (Å²) < 4.78 is 0. The van der Waals surface area contributed by atoms with Crippen molar-refractivity contribution in [3.05, 3.63) is 127 Å². The average Bonchev–Trinajstić information content (AvgIpc) is 3.57. The maximum Gasteiger partial charge on any atom is 3.00 e. The fourth-order valence-electron chi connectivity index (χ4n) is 5.36. The van der Waals surface area contributed by atoms with E-state index in [2.05, 4.69) is 94.8 Å². The van der Waals surface area contributed by atoms with E-state index >= 15 is 0 Å². The number of aryl methyl sites for hydroxylation is 2. The minimum Gasteiger partial charge on any atom is -0.358 e. The topological polar surface area (TPSA) is 0 Å². The van der Waals surface area contributed by atoms with Crippen molar-refractivity contribution < 1.29 is 53.8 Å². The molecule has 5 rings (SSSR count). The van der Waals surface area contributed by atoms with Crippen LogP contribution in [0.5, 0.6) is 0 Å². The van der Waals surface area contributed by atoms with Gasteiger partial charge in [0.25, 0.3) is 0 Å². The Morgan fingerprint density at radius 2 is 1.10 bits per heavy atom. The first-order valence-electron chi connectivity index (χ1n) is 14.3. The standard InChI is InChI=1S/C32H35.2C2H6.2CH3.W.Y/c1-5-23-6-7-25(16-23)27-10-11-30-20-32-13-12-28(19-31(32)15-14-29(30)18-27)26-9-8-24(17-26)22(4)21(2)3;2*1-2;;;;/h5-13,18-19,21-22H,14-17,20H2,1-4H3;2*1-2H3;2*1H3;;/q-1;;;2*-1;;+3. The van der Waals surface area contributed by atoms with Crippen LogP contribution in [0.1, 0.15) is 102 Å². The van der Waals surface area contributed by atoms with Crippen LogP contribution in [0.3, 0.4) is 0 Å². The summed E-state index contributed by atoms with van der Waals surface area (Å²) in [6.45, 7) is 17.2. The molecule has 0 heterocycles. The number of hydrogen-bond donors (Lipinski definition) is 0. The van der Waals surface area contributed by atoms with Gasteiger partial charge in [0.05, 0.1) is 0 Å². The Hall–Kier alpha value is -0.938. The summed E-state index contributed by atoms with van der Waals surface area (Å²) in [5, 5.41) is 0. The first-order valence-corrected chi connectivity index (χ1v) is 14.3. The van der Waals surface area contributed by atoms with Gasteiger partial charge >= 0.3 is 32.7 Å². The molecule has 0 bridgehead atoms. The molecule has 0 spiro atoms. The van der Waals surface area contributed by atoms with Crippen LogP contribution < -0.4 is 0 Å². The van der Waals surface area contributed by atoms with Gasteiger partial charge in [0, 0.05) is 21.1 Å². The van der Waals surface area contributed by atoms with Gasteiger partial charge in [0.2, 0.25) is 0 Å². The predicted molar refractivity (Wildman–Crippen MR) is 174 cm³/mol. The van der Waals surface area contributed by atoms with Gasteiger partial charge in [-0.2, -0.15) is 0 Å². The maximum atomic E-state index is 2.48. The van der Waals surface area contributed by atoms with Gasteiger partial charge in [-0.15, -0.1) is 13.0 Å². The zero-order valence-electron chi connectivity index (χ0n) is 27.0. The third-order valence-electron chi connectivity index (χ3n) is 7.94. The van der Waals surface area contributed by atoms with E-state index in [4.69, 9.17) is 0 Å². The Labute approximate surface area is 288 Å². The second-order valence-corrected chi connectivity index (χ2v) is 10.2. The molecule has 40 heavy (non-hydrogen) atoms. The molecule has 0 saturated heterocycles. The smallest absolute Gasteiger partial charge is 0.358 e. The minimum absolute atomic E-state index is 0. The van der Waals surface area contributed by atoms with Gasteiger partial charge in [0.15, 0.2) is 0 Å². The average molecular weight is 783 g/mol. The number of fused-ring (bicyclic) bond motifs is 2. The van der Waals surface area contributed by atoms with Crippen LogP contribution in [-0.2, 0) is 73.0 Å². The summed E-state index contributed by atoms with van der Waals surface area (Å²) in [6, 6.07) is 14.4. The van der Waals surface area contributed by atoms with Crippen LogP contribution in [0.25, 0.3) is 11.1 Å². The molecule has 214 valence electrons. The van der Waals surface area contributed by atoms with Crippen molar-refractivity contribution in [1.29, 1.82) is 0 Å². The molecule has 0 nitrogen and oxygen atoms in total. The van der Waals surface area contributed by atoms with Gasteiger partial charge in [-0.05, 0) is 82.9 Å². The zero-order chi connectivity index (χ0) is 26.2. The zero-order valence-corrected chi connectivity index (χ0v) is 32.8. The quantitative estimate of drug-likeness (QED) is 0.265. The van der Waals surface area contributed by atoms with E-state index in [0.717, 1.165) is 32.1 Å². The van der Waals surface area contributed by atoms with Crippen LogP contribution >= 0.6 is 0 Å². The Kier molecular flexibility index (Phi) is 20.7. The molecule has 0 radical (unpaired) electrons. The van der Waals surface area contributed by atoms with Gasteiger partial charge < -0.3 is 14.9 Å². The Balaban J connectivity index is 0. The Morgan fingerprint density at radius 3 is 1.55 bits per heavy atom. The van der Waals surface area contributed by atoms with Crippen LogP contribution in [0.15, 0.2) is 71.8 Å². The van der Waals surface area contributed by atoms with E-state index in [-0.39, 0.29) is 68.6 Å². The molecule has 0 N–H and O–H groups in total. The molecular formula is C38H53WY. The van der Waals surface area contributed by atoms with E-state index in [0.29, 0.717) is 11.8 Å². The summed E-state index contributed by atoms with van der Waals surface area (Å²) in [5.41, 5.74) is 14.9. The van der Waals surface area contributed by atoms with Crippen LogP contribution in [0.4, 0.5) is 0 Å². The summed E-state index contributed by atoms with van der Waals surface area (Å²) in [4.78, 5) is 0. The molecule has 3 aliphatic rings. The summed E-state index contributed by atoms with van der Waals surface area (Å²) >= 11 is 0. The van der Waals surface area contributed by atoms with Crippen molar-refractivity contribution in [3.8, 4) is 0 Å². The van der Waals surface area contributed by atoms with Gasteiger partial charge in [-0.3, -0.25) is 0 Å². The normalized spacial score (nSPS) is 14.9. The molecule has 1 atom stereocenters. The predicted octanol–water partition coefficient (Wildman–Crippen LogP) is 11.3. The fourth-order valence-corrected chi connectivity index (χ4v) is 5.36. The van der Waals surface area contributed by atoms with E-state index in [1.54, 1.807) is 5.57 Å². The van der Waals surface area contributed by atoms with E-state index in [1.165, 1.54) is 50.1 Å². The van der Waals surface area contributed by atoms with Crippen molar-refractivity contribution >= 4 is 11.1 Å². The summed E-state index contributed by atoms with van der Waals surface area (Å²) in [6.07, 6.45) is 17.0. The minimum atomic E-state index is 0. The summed E-state index contributed by atoms with van der Waals surface area (Å²) in [5.74, 6) is 1.36. The Bertz CT molecular complexity index is 1180. The number of benzene rings is 2. The van der Waals surface area contributed by atoms with Crippen molar-refractivity contribution in [2.45, 2.75) is 87.5 Å². The number of hydrogen-bond acceptors (Lipinski definition) is 0. The first-order chi connectivity index (χ1) is 17.5. The van der Waals surface area contributed by atoms with Crippen molar-refractivity contribution in [2.24, 2.45) is 11.8 Å². The third kappa shape index (κ3) is 9.82. The molecule has 0 aliphatic heterocycles. The summed E-state index contributed by atoms with van der Waals surface area (Å²) in [7, 11) is 0. The number of rotatable bonds is 5. The second-order valence-electron chi connectivity index (χ2n) is 10.2. The van der Waals surface area contributed by atoms with Crippen molar-refractivity contribution in [2.75, 3.05) is 0 Å². The number of allylic oxidation sites excluding steroid dienone is 8. The molecular weight excluding hydrogens is 729 g/mol. The molecule has 2 aromatic rings. The van der Waals surface area contributed by atoms with Gasteiger partial charge in [-0.1, -0.05) is 108 Å². The van der Waals surface area contributed by atoms with Crippen molar-refractivity contribution in [3.63, 3.8) is 0 Å². The van der Waals surface area contributed by atoms with E-state index in [1.807, 2.05) is 27.7 Å². The third-order valence-corrected chi connectivity index (χ3v) is 7.94. The SMILES string of the molecule is CC.CC.C[CH-]C1=CC=C(c2ccc3c(c2)CCc2cc(C4=CC=C(C(C)C(C)C)C4)ccc2C3)C1.[CH3-].[CH3-].[W].[Y+3]. The molecule has 2 aromatic carbocycles. The fraction of sp³-hybridized carbons (Fsp3) is 0.395. The van der Waals surface area contributed by atoms with Crippen LogP contribution in [0.2, 0.25) is 0 Å². The molecule has 0 aromatic heterocycles. The van der Waals surface area contributed by atoms with Gasteiger partial charge in [-0.25, -0.2) is 18.1 Å². The monoisotopic (exact) mass is 782 g/mol. The molecule has 0 amide bonds.